The SMILES string of the molecule is c1ccc2c(CC[C@H]3CCCCN3)c[nH]c2c1. The van der Waals surface area contributed by atoms with Crippen molar-refractivity contribution < 1.29 is 0 Å². The minimum absolute atomic E-state index is 0.734. The monoisotopic (exact) mass is 228 g/mol. The number of para-hydroxylation sites is 1. The molecule has 90 valence electrons. The summed E-state index contributed by atoms with van der Waals surface area (Å²) >= 11 is 0. The molecule has 0 aliphatic carbocycles. The Morgan fingerprint density at radius 3 is 3.00 bits per heavy atom. The average Bonchev–Trinajstić information content (AvgIpc) is 2.81. The number of aryl methyl sites for hydroxylation is 1. The van der Waals surface area contributed by atoms with Gasteiger partial charge in [0.2, 0.25) is 0 Å². The van der Waals surface area contributed by atoms with Crippen molar-refractivity contribution in [3.8, 4) is 0 Å². The van der Waals surface area contributed by atoms with Crippen LogP contribution in [0.4, 0.5) is 0 Å². The second-order valence-corrected chi connectivity index (χ2v) is 5.05. The molecule has 2 heteroatoms. The average molecular weight is 228 g/mol. The lowest BCUT2D eigenvalue weighted by molar-refractivity contribution is 0.383. The van der Waals surface area contributed by atoms with Crippen LogP contribution in [-0.4, -0.2) is 17.6 Å². The van der Waals surface area contributed by atoms with E-state index in [0.29, 0.717) is 0 Å². The number of piperidine rings is 1. The summed E-state index contributed by atoms with van der Waals surface area (Å²) in [5, 5.41) is 5.01. The van der Waals surface area contributed by atoms with Gasteiger partial charge in [-0.2, -0.15) is 0 Å². The van der Waals surface area contributed by atoms with Gasteiger partial charge in [-0.1, -0.05) is 24.6 Å². The van der Waals surface area contributed by atoms with Crippen LogP contribution >= 0.6 is 0 Å². The van der Waals surface area contributed by atoms with Crippen LogP contribution in [0.25, 0.3) is 10.9 Å². The lowest BCUT2D eigenvalue weighted by Crippen LogP contribution is -2.34. The lowest BCUT2D eigenvalue weighted by atomic mass is 9.98. The highest BCUT2D eigenvalue weighted by Crippen LogP contribution is 2.20. The third-order valence-electron chi connectivity index (χ3n) is 3.85. The van der Waals surface area contributed by atoms with E-state index in [1.807, 2.05) is 0 Å². The Hall–Kier alpha value is -1.28. The van der Waals surface area contributed by atoms with Crippen molar-refractivity contribution in [2.75, 3.05) is 6.54 Å². The third kappa shape index (κ3) is 2.37. The first kappa shape index (κ1) is 10.8. The Labute approximate surface area is 102 Å². The zero-order chi connectivity index (χ0) is 11.5. The summed E-state index contributed by atoms with van der Waals surface area (Å²) in [6.07, 6.45) is 8.72. The Bertz CT molecular complexity index is 480. The fourth-order valence-electron chi connectivity index (χ4n) is 2.84. The van der Waals surface area contributed by atoms with E-state index in [0.717, 1.165) is 6.04 Å². The van der Waals surface area contributed by atoms with Gasteiger partial charge in [0.15, 0.2) is 0 Å². The first-order valence-corrected chi connectivity index (χ1v) is 6.72. The van der Waals surface area contributed by atoms with E-state index >= 15 is 0 Å². The van der Waals surface area contributed by atoms with Gasteiger partial charge in [-0.3, -0.25) is 0 Å². The normalized spacial score (nSPS) is 20.8. The first-order chi connectivity index (χ1) is 8.43. The van der Waals surface area contributed by atoms with Crippen LogP contribution in [-0.2, 0) is 6.42 Å². The van der Waals surface area contributed by atoms with Gasteiger partial charge in [-0.05, 0) is 43.9 Å². The zero-order valence-electron chi connectivity index (χ0n) is 10.2. The highest BCUT2D eigenvalue weighted by Gasteiger charge is 2.13. The quantitative estimate of drug-likeness (QED) is 0.829. The fourth-order valence-corrected chi connectivity index (χ4v) is 2.84. The van der Waals surface area contributed by atoms with E-state index in [-0.39, 0.29) is 0 Å². The molecule has 17 heavy (non-hydrogen) atoms. The van der Waals surface area contributed by atoms with Crippen LogP contribution in [0.2, 0.25) is 0 Å². The maximum atomic E-state index is 3.62. The predicted octanol–water partition coefficient (Wildman–Crippen LogP) is 3.24. The molecule has 0 unspecified atom stereocenters. The van der Waals surface area contributed by atoms with Gasteiger partial charge in [0.05, 0.1) is 0 Å². The number of fused-ring (bicyclic) bond motifs is 1. The van der Waals surface area contributed by atoms with Crippen molar-refractivity contribution in [2.24, 2.45) is 0 Å². The number of benzene rings is 1. The maximum Gasteiger partial charge on any atom is 0.0456 e. The van der Waals surface area contributed by atoms with Gasteiger partial charge in [0, 0.05) is 23.1 Å². The number of aromatic amines is 1. The van der Waals surface area contributed by atoms with Crippen molar-refractivity contribution in [2.45, 2.75) is 38.1 Å². The van der Waals surface area contributed by atoms with Gasteiger partial charge in [-0.15, -0.1) is 0 Å². The maximum absolute atomic E-state index is 3.62. The second kappa shape index (κ2) is 4.92. The molecule has 2 nitrogen and oxygen atoms in total. The summed E-state index contributed by atoms with van der Waals surface area (Å²) in [7, 11) is 0. The summed E-state index contributed by atoms with van der Waals surface area (Å²) in [5.41, 5.74) is 2.73. The van der Waals surface area contributed by atoms with Crippen molar-refractivity contribution in [1.29, 1.82) is 0 Å². The van der Waals surface area contributed by atoms with E-state index in [2.05, 4.69) is 40.8 Å². The van der Waals surface area contributed by atoms with Crippen molar-refractivity contribution >= 4 is 10.9 Å². The predicted molar refractivity (Wildman–Crippen MR) is 72.3 cm³/mol. The largest absolute Gasteiger partial charge is 0.361 e. The summed E-state index contributed by atoms with van der Waals surface area (Å²) in [5.74, 6) is 0. The molecule has 1 aliphatic rings. The van der Waals surface area contributed by atoms with E-state index in [1.54, 1.807) is 0 Å². The van der Waals surface area contributed by atoms with Gasteiger partial charge in [-0.25, -0.2) is 0 Å². The molecular weight excluding hydrogens is 208 g/mol. The Morgan fingerprint density at radius 2 is 2.12 bits per heavy atom. The fraction of sp³-hybridized carbons (Fsp3) is 0.467. The van der Waals surface area contributed by atoms with E-state index in [1.165, 1.54) is 55.1 Å². The molecule has 2 N–H and O–H groups in total. The standard InChI is InChI=1S/C15H20N2/c1-2-7-15-14(6-1)12(11-17-15)8-9-13-5-3-4-10-16-13/h1-2,6-7,11,13,16-17H,3-5,8-10H2/t13-/m1/s1. The number of hydrogen-bond acceptors (Lipinski definition) is 1. The van der Waals surface area contributed by atoms with Crippen LogP contribution < -0.4 is 5.32 Å². The molecule has 0 radical (unpaired) electrons. The molecule has 3 rings (SSSR count). The zero-order valence-corrected chi connectivity index (χ0v) is 10.2. The molecule has 0 spiro atoms. The molecule has 1 aromatic heterocycles. The van der Waals surface area contributed by atoms with Crippen molar-refractivity contribution in [3.63, 3.8) is 0 Å². The molecule has 0 bridgehead atoms. The molecule has 1 fully saturated rings. The van der Waals surface area contributed by atoms with Gasteiger partial charge in [0.1, 0.15) is 0 Å². The second-order valence-electron chi connectivity index (χ2n) is 5.05. The summed E-state index contributed by atoms with van der Waals surface area (Å²) in [6.45, 7) is 1.21. The highest BCUT2D eigenvalue weighted by molar-refractivity contribution is 5.82. The van der Waals surface area contributed by atoms with Crippen molar-refractivity contribution in [1.82, 2.24) is 10.3 Å². The number of hydrogen-bond donors (Lipinski definition) is 2. The van der Waals surface area contributed by atoms with E-state index in [4.69, 9.17) is 0 Å². The lowest BCUT2D eigenvalue weighted by Gasteiger charge is -2.23. The van der Waals surface area contributed by atoms with Crippen LogP contribution in [0.5, 0.6) is 0 Å². The Balaban J connectivity index is 1.68. The number of aromatic nitrogens is 1. The van der Waals surface area contributed by atoms with Crippen molar-refractivity contribution in [3.05, 3.63) is 36.0 Å². The van der Waals surface area contributed by atoms with Gasteiger partial charge < -0.3 is 10.3 Å². The van der Waals surface area contributed by atoms with Gasteiger partial charge >= 0.3 is 0 Å². The smallest absolute Gasteiger partial charge is 0.0456 e. The van der Waals surface area contributed by atoms with E-state index in [9.17, 15) is 0 Å². The minimum atomic E-state index is 0.734. The number of H-pyrrole nitrogens is 1. The summed E-state index contributed by atoms with van der Waals surface area (Å²) < 4.78 is 0. The van der Waals surface area contributed by atoms with Crippen LogP contribution in [0, 0.1) is 0 Å². The minimum Gasteiger partial charge on any atom is -0.361 e. The molecule has 0 amide bonds. The number of nitrogens with one attached hydrogen (secondary N) is 2. The number of rotatable bonds is 3. The molecule has 2 aromatic rings. The van der Waals surface area contributed by atoms with Crippen LogP contribution in [0.3, 0.4) is 0 Å². The molecule has 1 saturated heterocycles. The Morgan fingerprint density at radius 1 is 1.18 bits per heavy atom. The molecule has 2 heterocycles. The summed E-state index contributed by atoms with van der Waals surface area (Å²) in [6, 6.07) is 9.31. The van der Waals surface area contributed by atoms with Crippen LogP contribution in [0.1, 0.15) is 31.2 Å². The van der Waals surface area contributed by atoms with E-state index < -0.39 is 0 Å². The van der Waals surface area contributed by atoms with Gasteiger partial charge in [0.25, 0.3) is 0 Å². The molecule has 1 aromatic carbocycles. The Kier molecular flexibility index (Phi) is 3.14. The summed E-state index contributed by atoms with van der Waals surface area (Å²) in [4.78, 5) is 3.36. The third-order valence-corrected chi connectivity index (χ3v) is 3.85. The molecular formula is C15H20N2. The molecule has 1 aliphatic heterocycles. The molecule has 1 atom stereocenters. The first-order valence-electron chi connectivity index (χ1n) is 6.72. The molecule has 0 saturated carbocycles. The highest BCUT2D eigenvalue weighted by atomic mass is 14.9. The topological polar surface area (TPSA) is 27.8 Å². The van der Waals surface area contributed by atoms with Crippen LogP contribution in [0.15, 0.2) is 30.5 Å².